The number of benzene rings is 2. The third-order valence-corrected chi connectivity index (χ3v) is 7.36. The second kappa shape index (κ2) is 11.9. The van der Waals surface area contributed by atoms with E-state index < -0.39 is 16.1 Å². The lowest BCUT2D eigenvalue weighted by Gasteiger charge is -2.12. The molecule has 5 rings (SSSR count). The van der Waals surface area contributed by atoms with Crippen molar-refractivity contribution in [2.24, 2.45) is 0 Å². The maximum atomic E-state index is 12.9. The summed E-state index contributed by atoms with van der Waals surface area (Å²) in [6, 6.07) is 20.7. The van der Waals surface area contributed by atoms with Crippen molar-refractivity contribution in [2.45, 2.75) is 17.4 Å². The first kappa shape index (κ1) is 26.2. The number of rotatable bonds is 11. The maximum absolute atomic E-state index is 12.9. The van der Waals surface area contributed by atoms with Crippen LogP contribution in [0.25, 0.3) is 22.8 Å². The number of hydrogen-bond acceptors (Lipinski definition) is 9. The van der Waals surface area contributed by atoms with Crippen LogP contribution in [0.3, 0.4) is 0 Å². The Labute approximate surface area is 225 Å². The van der Waals surface area contributed by atoms with Crippen LogP contribution in [0.4, 0.5) is 5.69 Å². The van der Waals surface area contributed by atoms with Gasteiger partial charge >= 0.3 is 0 Å². The summed E-state index contributed by atoms with van der Waals surface area (Å²) in [5.74, 6) is 0.681. The van der Waals surface area contributed by atoms with Crippen LogP contribution in [-0.2, 0) is 16.4 Å². The second-order valence-corrected chi connectivity index (χ2v) is 10.4. The summed E-state index contributed by atoms with van der Waals surface area (Å²) in [5, 5.41) is 17.4. The number of aliphatic hydroxyl groups excluding tert-OH is 1. The van der Waals surface area contributed by atoms with Crippen LogP contribution in [-0.4, -0.2) is 46.7 Å². The van der Waals surface area contributed by atoms with Crippen molar-refractivity contribution >= 4 is 15.7 Å². The van der Waals surface area contributed by atoms with Crippen LogP contribution < -0.4 is 10.0 Å². The molecular weight excluding hydrogens is 516 g/mol. The molecule has 3 aromatic heterocycles. The van der Waals surface area contributed by atoms with Crippen molar-refractivity contribution in [1.82, 2.24) is 25.4 Å². The minimum Gasteiger partial charge on any atom is -0.387 e. The smallest absolute Gasteiger partial charge is 0.261 e. The fourth-order valence-electron chi connectivity index (χ4n) is 3.85. The molecule has 10 nitrogen and oxygen atoms in total. The van der Waals surface area contributed by atoms with Gasteiger partial charge in [0.25, 0.3) is 15.9 Å². The highest BCUT2D eigenvalue weighted by Gasteiger charge is 2.16. The molecule has 5 aromatic rings. The summed E-state index contributed by atoms with van der Waals surface area (Å²) in [4.78, 5) is 12.5. The van der Waals surface area contributed by atoms with Crippen LogP contribution in [0.1, 0.15) is 17.2 Å². The van der Waals surface area contributed by atoms with Gasteiger partial charge in [-0.3, -0.25) is 14.7 Å². The molecule has 0 spiro atoms. The molecular formula is C28H26N6O4S. The van der Waals surface area contributed by atoms with Crippen molar-refractivity contribution in [3.05, 3.63) is 109 Å². The number of anilines is 1. The van der Waals surface area contributed by atoms with Crippen LogP contribution in [0.5, 0.6) is 0 Å². The van der Waals surface area contributed by atoms with E-state index in [0.717, 1.165) is 17.5 Å². The Morgan fingerprint density at radius 3 is 2.31 bits per heavy atom. The monoisotopic (exact) mass is 542 g/mol. The van der Waals surface area contributed by atoms with E-state index in [-0.39, 0.29) is 4.90 Å². The predicted molar refractivity (Wildman–Crippen MR) is 146 cm³/mol. The van der Waals surface area contributed by atoms with Gasteiger partial charge in [-0.15, -0.1) is 0 Å². The highest BCUT2D eigenvalue weighted by atomic mass is 32.2. The predicted octanol–water partition coefficient (Wildman–Crippen LogP) is 3.86. The summed E-state index contributed by atoms with van der Waals surface area (Å²) in [6.07, 6.45) is 6.70. The molecule has 198 valence electrons. The summed E-state index contributed by atoms with van der Waals surface area (Å²) in [6.45, 7) is 1.08. The number of hydrogen-bond donors (Lipinski definition) is 3. The van der Waals surface area contributed by atoms with Gasteiger partial charge in [-0.25, -0.2) is 8.42 Å². The minimum absolute atomic E-state index is 0.114. The molecule has 0 saturated heterocycles. The first-order chi connectivity index (χ1) is 19.0. The summed E-state index contributed by atoms with van der Waals surface area (Å²) < 4.78 is 33.7. The van der Waals surface area contributed by atoms with Crippen LogP contribution in [0, 0.1) is 0 Å². The average Bonchev–Trinajstić information content (AvgIpc) is 3.47. The van der Waals surface area contributed by atoms with E-state index in [1.165, 1.54) is 12.1 Å². The van der Waals surface area contributed by atoms with Gasteiger partial charge in [0, 0.05) is 48.1 Å². The zero-order valence-corrected chi connectivity index (χ0v) is 21.6. The highest BCUT2D eigenvalue weighted by molar-refractivity contribution is 7.92. The molecule has 0 fully saturated rings. The normalized spacial score (nSPS) is 12.2. The van der Waals surface area contributed by atoms with Crippen molar-refractivity contribution in [2.75, 3.05) is 17.8 Å². The maximum Gasteiger partial charge on any atom is 0.261 e. The van der Waals surface area contributed by atoms with Gasteiger partial charge in [0.1, 0.15) is 0 Å². The molecule has 0 bridgehead atoms. The van der Waals surface area contributed by atoms with Gasteiger partial charge in [-0.1, -0.05) is 23.4 Å². The average molecular weight is 543 g/mol. The molecule has 0 amide bonds. The van der Waals surface area contributed by atoms with Gasteiger partial charge in [0.15, 0.2) is 0 Å². The molecule has 39 heavy (non-hydrogen) atoms. The van der Waals surface area contributed by atoms with E-state index in [1.54, 1.807) is 61.2 Å². The van der Waals surface area contributed by atoms with E-state index in [9.17, 15) is 13.5 Å². The Morgan fingerprint density at radius 2 is 1.62 bits per heavy atom. The Balaban J connectivity index is 1.14. The quantitative estimate of drug-likeness (QED) is 0.212. The molecule has 1 unspecified atom stereocenters. The van der Waals surface area contributed by atoms with Gasteiger partial charge in [0.05, 0.1) is 16.6 Å². The van der Waals surface area contributed by atoms with Gasteiger partial charge in [0.2, 0.25) is 5.82 Å². The van der Waals surface area contributed by atoms with Gasteiger partial charge < -0.3 is 14.9 Å². The highest BCUT2D eigenvalue weighted by Crippen LogP contribution is 2.24. The lowest BCUT2D eigenvalue weighted by Crippen LogP contribution is -2.23. The number of aromatic nitrogens is 4. The minimum atomic E-state index is -3.79. The molecule has 0 radical (unpaired) electrons. The standard InChI is InChI=1S/C28H26N6O4S/c35-26(22-3-1-14-29-17-22)19-31-16-13-20-5-9-24(10-6-20)34-39(36,37)25-11-7-21(8-12-25)27-32-28(38-33-27)23-4-2-15-30-18-23/h1-12,14-15,17-18,26,31,34-35H,13,16,19H2. The van der Waals surface area contributed by atoms with E-state index in [4.69, 9.17) is 4.52 Å². The number of nitrogens with one attached hydrogen (secondary N) is 2. The first-order valence-corrected chi connectivity index (χ1v) is 13.7. The van der Waals surface area contributed by atoms with Crippen molar-refractivity contribution in [3.63, 3.8) is 0 Å². The number of pyridine rings is 2. The van der Waals surface area contributed by atoms with Crippen molar-refractivity contribution < 1.29 is 18.0 Å². The molecule has 0 aliphatic carbocycles. The topological polar surface area (TPSA) is 143 Å². The number of aliphatic hydroxyl groups is 1. The number of sulfonamides is 1. The third kappa shape index (κ3) is 6.71. The summed E-state index contributed by atoms with van der Waals surface area (Å²) >= 11 is 0. The van der Waals surface area contributed by atoms with E-state index >= 15 is 0 Å². The molecule has 0 saturated carbocycles. The molecule has 11 heteroatoms. The van der Waals surface area contributed by atoms with Gasteiger partial charge in [-0.05, 0) is 73.1 Å². The fourth-order valence-corrected chi connectivity index (χ4v) is 4.91. The summed E-state index contributed by atoms with van der Waals surface area (Å²) in [7, 11) is -3.79. The molecule has 0 aliphatic heterocycles. The van der Waals surface area contributed by atoms with E-state index in [0.29, 0.717) is 41.6 Å². The second-order valence-electron chi connectivity index (χ2n) is 8.75. The van der Waals surface area contributed by atoms with Crippen LogP contribution >= 0.6 is 0 Å². The lowest BCUT2D eigenvalue weighted by molar-refractivity contribution is 0.174. The zero-order valence-electron chi connectivity index (χ0n) is 20.8. The third-order valence-electron chi connectivity index (χ3n) is 5.96. The fraction of sp³-hybridized carbons (Fsp3) is 0.143. The Kier molecular flexibility index (Phi) is 8.02. The molecule has 1 atom stereocenters. The molecule has 3 heterocycles. The largest absolute Gasteiger partial charge is 0.387 e. The Morgan fingerprint density at radius 1 is 0.872 bits per heavy atom. The number of nitrogens with zero attached hydrogens (tertiary/aromatic N) is 4. The van der Waals surface area contributed by atoms with Gasteiger partial charge in [-0.2, -0.15) is 4.98 Å². The lowest BCUT2D eigenvalue weighted by atomic mass is 10.1. The van der Waals surface area contributed by atoms with Crippen molar-refractivity contribution in [3.8, 4) is 22.8 Å². The SMILES string of the molecule is O=S(=O)(Nc1ccc(CCNCC(O)c2cccnc2)cc1)c1ccc(-c2noc(-c3cccnc3)n2)cc1. The molecule has 3 N–H and O–H groups in total. The van der Waals surface area contributed by atoms with Crippen molar-refractivity contribution in [1.29, 1.82) is 0 Å². The zero-order chi connectivity index (χ0) is 27.1. The molecule has 0 aliphatic rings. The van der Waals surface area contributed by atoms with Crippen LogP contribution in [0.2, 0.25) is 0 Å². The van der Waals surface area contributed by atoms with Crippen LogP contribution in [0.15, 0.2) is 107 Å². The first-order valence-electron chi connectivity index (χ1n) is 12.2. The summed E-state index contributed by atoms with van der Waals surface area (Å²) in [5.41, 5.74) is 3.58. The Bertz CT molecular complexity index is 1590. The van der Waals surface area contributed by atoms with E-state index in [2.05, 4.69) is 30.1 Å². The van der Waals surface area contributed by atoms with E-state index in [1.807, 2.05) is 24.3 Å². The Hall–Kier alpha value is -4.45. The molecule has 2 aromatic carbocycles.